The van der Waals surface area contributed by atoms with Gasteiger partial charge >= 0.3 is 0 Å². The van der Waals surface area contributed by atoms with Crippen molar-refractivity contribution in [3.63, 3.8) is 0 Å². The van der Waals surface area contributed by atoms with Crippen LogP contribution in [0.4, 0.5) is 0 Å². The molecule has 1 aromatic rings. The average molecular weight is 317 g/mol. The molecular formula is C14H21ClN2O2S. The number of hydrogen-bond donors (Lipinski definition) is 1. The Kier molecular flexibility index (Phi) is 4.44. The highest BCUT2D eigenvalue weighted by Gasteiger charge is 2.36. The zero-order valence-corrected chi connectivity index (χ0v) is 13.7. The monoisotopic (exact) mass is 316 g/mol. The van der Waals surface area contributed by atoms with Crippen LogP contribution in [0, 0.1) is 5.41 Å². The Labute approximate surface area is 126 Å². The highest BCUT2D eigenvalue weighted by molar-refractivity contribution is 7.89. The van der Waals surface area contributed by atoms with Crippen molar-refractivity contribution in [2.45, 2.75) is 31.7 Å². The summed E-state index contributed by atoms with van der Waals surface area (Å²) in [6.07, 6.45) is 0.892. The van der Waals surface area contributed by atoms with Crippen LogP contribution >= 0.6 is 11.6 Å². The fourth-order valence-corrected chi connectivity index (χ4v) is 4.32. The molecule has 1 aliphatic rings. The van der Waals surface area contributed by atoms with Crippen LogP contribution in [0.25, 0.3) is 0 Å². The minimum atomic E-state index is -3.42. The molecule has 0 radical (unpaired) electrons. The van der Waals surface area contributed by atoms with Crippen LogP contribution in [-0.2, 0) is 16.6 Å². The largest absolute Gasteiger partial charge is 0.316 e. The molecule has 2 rings (SSSR count). The Morgan fingerprint density at radius 2 is 2.10 bits per heavy atom. The van der Waals surface area contributed by atoms with Crippen LogP contribution in [-0.4, -0.2) is 32.9 Å². The van der Waals surface area contributed by atoms with Gasteiger partial charge in [0.25, 0.3) is 0 Å². The van der Waals surface area contributed by atoms with Crippen molar-refractivity contribution < 1.29 is 8.42 Å². The van der Waals surface area contributed by atoms with Crippen molar-refractivity contribution in [3.05, 3.63) is 28.8 Å². The third-order valence-electron chi connectivity index (χ3n) is 3.66. The molecule has 112 valence electrons. The molecule has 0 aliphatic carbocycles. The molecule has 1 heterocycles. The Morgan fingerprint density at radius 3 is 2.65 bits per heavy atom. The van der Waals surface area contributed by atoms with Gasteiger partial charge in [-0.1, -0.05) is 25.4 Å². The summed E-state index contributed by atoms with van der Waals surface area (Å²) in [5.41, 5.74) is 0.849. The van der Waals surface area contributed by atoms with E-state index in [9.17, 15) is 8.42 Å². The molecule has 1 aliphatic heterocycles. The zero-order valence-electron chi connectivity index (χ0n) is 12.1. The van der Waals surface area contributed by atoms with Gasteiger partial charge < -0.3 is 5.32 Å². The summed E-state index contributed by atoms with van der Waals surface area (Å²) in [6.45, 7) is 5.89. The third-order valence-corrected chi connectivity index (χ3v) is 5.87. The highest BCUT2D eigenvalue weighted by Crippen LogP contribution is 2.33. The number of hydrogen-bond acceptors (Lipinski definition) is 3. The first-order valence-electron chi connectivity index (χ1n) is 6.69. The van der Waals surface area contributed by atoms with Gasteiger partial charge in [0.05, 0.1) is 4.90 Å². The van der Waals surface area contributed by atoms with Crippen LogP contribution in [0.2, 0.25) is 5.02 Å². The maximum absolute atomic E-state index is 12.7. The quantitative estimate of drug-likeness (QED) is 0.928. The van der Waals surface area contributed by atoms with Gasteiger partial charge in [0.1, 0.15) is 0 Å². The second-order valence-corrected chi connectivity index (χ2v) is 8.38. The van der Waals surface area contributed by atoms with Crippen LogP contribution in [0.3, 0.4) is 0 Å². The molecule has 0 saturated carbocycles. The van der Waals surface area contributed by atoms with Gasteiger partial charge in [0.2, 0.25) is 10.0 Å². The van der Waals surface area contributed by atoms with Gasteiger partial charge in [0.15, 0.2) is 0 Å². The van der Waals surface area contributed by atoms with E-state index in [1.54, 1.807) is 29.6 Å². The predicted molar refractivity (Wildman–Crippen MR) is 81.4 cm³/mol. The second-order valence-electron chi connectivity index (χ2n) is 6.04. The van der Waals surface area contributed by atoms with E-state index < -0.39 is 10.0 Å². The molecule has 4 nitrogen and oxygen atoms in total. The smallest absolute Gasteiger partial charge is 0.243 e. The maximum atomic E-state index is 12.7. The summed E-state index contributed by atoms with van der Waals surface area (Å²) in [5, 5.41) is 3.58. The van der Waals surface area contributed by atoms with Crippen molar-refractivity contribution in [1.29, 1.82) is 0 Å². The Bertz CT molecular complexity index is 599. The summed E-state index contributed by atoms with van der Waals surface area (Å²) >= 11 is 6.08. The topological polar surface area (TPSA) is 49.4 Å². The van der Waals surface area contributed by atoms with Crippen LogP contribution in [0.5, 0.6) is 0 Å². The molecule has 0 aromatic heterocycles. The lowest BCUT2D eigenvalue weighted by atomic mass is 9.93. The Hall–Kier alpha value is -0.620. The van der Waals surface area contributed by atoms with E-state index in [1.165, 1.54) is 0 Å². The van der Waals surface area contributed by atoms with Gasteiger partial charge in [-0.15, -0.1) is 0 Å². The third kappa shape index (κ3) is 3.17. The molecule has 1 N–H and O–H groups in total. The van der Waals surface area contributed by atoms with Gasteiger partial charge in [-0.3, -0.25) is 0 Å². The standard InChI is InChI=1S/C14H21ClN2O2S/c1-14(2)6-7-17(10-14)20(18,19)12-4-5-13(15)11(8-12)9-16-3/h4-5,8,16H,6-7,9-10H2,1-3H3. The fourth-order valence-electron chi connectivity index (χ4n) is 2.45. The van der Waals surface area contributed by atoms with Crippen molar-refractivity contribution in [2.24, 2.45) is 5.41 Å². The first kappa shape index (κ1) is 15.8. The lowest BCUT2D eigenvalue weighted by Gasteiger charge is -2.20. The number of sulfonamides is 1. The van der Waals surface area contributed by atoms with Crippen LogP contribution < -0.4 is 5.32 Å². The normalized spacial score (nSPS) is 19.4. The lowest BCUT2D eigenvalue weighted by Crippen LogP contribution is -2.30. The molecule has 1 saturated heterocycles. The maximum Gasteiger partial charge on any atom is 0.243 e. The number of nitrogens with one attached hydrogen (secondary N) is 1. The average Bonchev–Trinajstić information content (AvgIpc) is 2.73. The Morgan fingerprint density at radius 1 is 1.40 bits per heavy atom. The SMILES string of the molecule is CNCc1cc(S(=O)(=O)N2CCC(C)(C)C2)ccc1Cl. The van der Waals surface area contributed by atoms with E-state index in [4.69, 9.17) is 11.6 Å². The van der Waals surface area contributed by atoms with Crippen LogP contribution in [0.15, 0.2) is 23.1 Å². The summed E-state index contributed by atoms with van der Waals surface area (Å²) in [5.74, 6) is 0. The van der Waals surface area contributed by atoms with E-state index in [1.807, 2.05) is 0 Å². The van der Waals surface area contributed by atoms with E-state index in [0.29, 0.717) is 29.6 Å². The van der Waals surface area contributed by atoms with Crippen molar-refractivity contribution in [3.8, 4) is 0 Å². The van der Waals surface area contributed by atoms with Crippen molar-refractivity contribution >= 4 is 21.6 Å². The van der Waals surface area contributed by atoms with Gasteiger partial charge in [0, 0.05) is 24.7 Å². The molecular weight excluding hydrogens is 296 g/mol. The van der Waals surface area contributed by atoms with Gasteiger partial charge in [-0.05, 0) is 42.6 Å². The minimum Gasteiger partial charge on any atom is -0.316 e. The van der Waals surface area contributed by atoms with Crippen molar-refractivity contribution in [1.82, 2.24) is 9.62 Å². The zero-order chi connectivity index (χ0) is 15.0. The summed E-state index contributed by atoms with van der Waals surface area (Å²) in [7, 11) is -1.61. The number of rotatable bonds is 4. The highest BCUT2D eigenvalue weighted by atomic mass is 35.5. The number of nitrogens with zero attached hydrogens (tertiary/aromatic N) is 1. The fraction of sp³-hybridized carbons (Fsp3) is 0.571. The van der Waals surface area contributed by atoms with E-state index in [0.717, 1.165) is 12.0 Å². The molecule has 0 unspecified atom stereocenters. The van der Waals surface area contributed by atoms with Gasteiger partial charge in [-0.25, -0.2) is 8.42 Å². The Balaban J connectivity index is 2.33. The minimum absolute atomic E-state index is 0.0489. The van der Waals surface area contributed by atoms with E-state index in [2.05, 4.69) is 19.2 Å². The summed E-state index contributed by atoms with van der Waals surface area (Å²) in [6, 6.07) is 4.91. The molecule has 0 amide bonds. The molecule has 6 heteroatoms. The molecule has 1 fully saturated rings. The summed E-state index contributed by atoms with van der Waals surface area (Å²) in [4.78, 5) is 0.324. The van der Waals surface area contributed by atoms with Gasteiger partial charge in [-0.2, -0.15) is 4.31 Å². The van der Waals surface area contributed by atoms with Crippen LogP contribution in [0.1, 0.15) is 25.8 Å². The lowest BCUT2D eigenvalue weighted by molar-refractivity contribution is 0.375. The molecule has 1 aromatic carbocycles. The first-order chi connectivity index (χ1) is 9.26. The number of halogens is 1. The first-order valence-corrected chi connectivity index (χ1v) is 8.51. The van der Waals surface area contributed by atoms with E-state index >= 15 is 0 Å². The molecule has 0 atom stereocenters. The van der Waals surface area contributed by atoms with E-state index in [-0.39, 0.29) is 5.41 Å². The summed E-state index contributed by atoms with van der Waals surface area (Å²) < 4.78 is 26.9. The van der Waals surface area contributed by atoms with Crippen molar-refractivity contribution in [2.75, 3.05) is 20.1 Å². The molecule has 20 heavy (non-hydrogen) atoms. The molecule has 0 bridgehead atoms. The predicted octanol–water partition coefficient (Wildman–Crippen LogP) is 2.48. The molecule has 0 spiro atoms. The second kappa shape index (κ2) is 5.64. The number of benzene rings is 1.